The third-order valence-corrected chi connectivity index (χ3v) is 8.12. The fraction of sp³-hybridized carbons (Fsp3) is 0.522. The van der Waals surface area contributed by atoms with Gasteiger partial charge in [-0.15, -0.1) is 11.3 Å². The number of piperidine rings is 1. The van der Waals surface area contributed by atoms with Gasteiger partial charge < -0.3 is 25.1 Å². The lowest BCUT2D eigenvalue weighted by Crippen LogP contribution is -2.48. The van der Waals surface area contributed by atoms with Crippen LogP contribution in [-0.4, -0.2) is 86.5 Å². The van der Waals surface area contributed by atoms with Crippen LogP contribution in [0.1, 0.15) is 53.0 Å². The van der Waals surface area contributed by atoms with Gasteiger partial charge in [0.1, 0.15) is 5.69 Å². The number of alkyl halides is 3. The Kier molecular flexibility index (Phi) is 8.82. The summed E-state index contributed by atoms with van der Waals surface area (Å²) in [6.45, 7) is 4.59. The van der Waals surface area contributed by atoms with Crippen molar-refractivity contribution in [3.05, 3.63) is 38.4 Å². The summed E-state index contributed by atoms with van der Waals surface area (Å²) in [5.74, 6) is -1.17. The van der Waals surface area contributed by atoms with Crippen LogP contribution in [0, 0.1) is 0 Å². The number of thiazole rings is 1. The van der Waals surface area contributed by atoms with E-state index in [0.29, 0.717) is 20.0 Å². The van der Waals surface area contributed by atoms with Crippen LogP contribution >= 0.6 is 34.5 Å². The molecule has 1 aromatic heterocycles. The number of halogens is 5. The third-order valence-electron chi connectivity index (χ3n) is 6.16. The molecule has 0 bridgehead atoms. The summed E-state index contributed by atoms with van der Waals surface area (Å²) < 4.78 is 40.3. The maximum Gasteiger partial charge on any atom is 0.421 e. The molecule has 1 saturated heterocycles. The van der Waals surface area contributed by atoms with Crippen molar-refractivity contribution in [2.45, 2.75) is 51.2 Å². The van der Waals surface area contributed by atoms with Gasteiger partial charge in [0.15, 0.2) is 10.6 Å². The SMILES string of the molecule is CCN(CC)C(=O)c1nc(C(=O)N2C[C@H](O)C[C@H](O)C2)sc1-c1ccc(C(C)(O)C(F)(F)F)c(Cl)c1Cl. The molecule has 0 spiro atoms. The largest absolute Gasteiger partial charge is 0.421 e. The van der Waals surface area contributed by atoms with E-state index in [9.17, 15) is 38.1 Å². The molecule has 0 saturated carbocycles. The third kappa shape index (κ3) is 5.74. The highest BCUT2D eigenvalue weighted by molar-refractivity contribution is 7.17. The van der Waals surface area contributed by atoms with Crippen molar-refractivity contribution in [3.63, 3.8) is 0 Å². The molecular formula is C23H26Cl2F3N3O5S. The number of nitrogens with zero attached hydrogens (tertiary/aromatic N) is 3. The van der Waals surface area contributed by atoms with Crippen molar-refractivity contribution in [1.82, 2.24) is 14.8 Å². The van der Waals surface area contributed by atoms with Gasteiger partial charge in [-0.3, -0.25) is 9.59 Å². The highest BCUT2D eigenvalue weighted by atomic mass is 35.5. The van der Waals surface area contributed by atoms with Crippen LogP contribution in [0.3, 0.4) is 0 Å². The Balaban J connectivity index is 2.15. The van der Waals surface area contributed by atoms with Crippen LogP contribution in [0.5, 0.6) is 0 Å². The number of benzene rings is 1. The van der Waals surface area contributed by atoms with Gasteiger partial charge in [0, 0.05) is 43.7 Å². The monoisotopic (exact) mass is 583 g/mol. The first-order valence-electron chi connectivity index (χ1n) is 11.4. The van der Waals surface area contributed by atoms with Crippen molar-refractivity contribution in [2.75, 3.05) is 26.2 Å². The van der Waals surface area contributed by atoms with Gasteiger partial charge in [0.05, 0.1) is 27.1 Å². The number of likely N-dealkylation sites (tertiary alicyclic amines) is 1. The van der Waals surface area contributed by atoms with Crippen LogP contribution in [0.25, 0.3) is 10.4 Å². The standard InChI is InChI=1S/C23H26Cl2F3N3O5S/c1-4-30(5-2)20(34)17-18(37-19(29-17)21(35)31-9-11(32)8-12(33)10-31)13-6-7-14(16(25)15(13)24)22(3,36)23(26,27)28/h6-7,11-12,32-33,36H,4-5,8-10H2,1-3H3/t11-,12+,22?. The summed E-state index contributed by atoms with van der Waals surface area (Å²) in [5, 5.41) is 29.0. The van der Waals surface area contributed by atoms with E-state index >= 15 is 0 Å². The van der Waals surface area contributed by atoms with Crippen molar-refractivity contribution in [2.24, 2.45) is 0 Å². The van der Waals surface area contributed by atoms with Crippen molar-refractivity contribution in [3.8, 4) is 10.4 Å². The fourth-order valence-corrected chi connectivity index (χ4v) is 5.72. The predicted octanol–water partition coefficient (Wildman–Crippen LogP) is 3.94. The fourth-order valence-electron chi connectivity index (χ4n) is 4.00. The van der Waals surface area contributed by atoms with Crippen LogP contribution in [0.15, 0.2) is 12.1 Å². The summed E-state index contributed by atoms with van der Waals surface area (Å²) >= 11 is 13.3. The van der Waals surface area contributed by atoms with Gasteiger partial charge in [-0.1, -0.05) is 35.3 Å². The second-order valence-corrected chi connectivity index (χ2v) is 10.5. The molecule has 3 rings (SSSR count). The molecule has 0 radical (unpaired) electrons. The molecule has 3 N–H and O–H groups in total. The molecule has 3 atom stereocenters. The first-order valence-corrected chi connectivity index (χ1v) is 12.9. The van der Waals surface area contributed by atoms with Gasteiger partial charge in [0.25, 0.3) is 11.8 Å². The van der Waals surface area contributed by atoms with Crippen LogP contribution in [0.2, 0.25) is 10.0 Å². The Hall–Kier alpha value is -1.96. The average Bonchev–Trinajstić information content (AvgIpc) is 3.24. The zero-order valence-electron chi connectivity index (χ0n) is 20.1. The molecule has 2 amide bonds. The molecule has 1 aromatic carbocycles. The molecule has 0 aliphatic carbocycles. The van der Waals surface area contributed by atoms with Gasteiger partial charge in [-0.05, 0) is 20.8 Å². The number of amides is 2. The van der Waals surface area contributed by atoms with E-state index in [-0.39, 0.29) is 45.7 Å². The van der Waals surface area contributed by atoms with E-state index in [4.69, 9.17) is 23.2 Å². The number of aliphatic hydroxyl groups excluding tert-OH is 2. The number of β-amino-alcohol motifs (C(OH)–C–C–N with tert-alkyl or cyclic N) is 2. The molecule has 1 unspecified atom stereocenters. The summed E-state index contributed by atoms with van der Waals surface area (Å²) in [6, 6.07) is 2.14. The molecule has 1 fully saturated rings. The summed E-state index contributed by atoms with van der Waals surface area (Å²) in [7, 11) is 0. The Morgan fingerprint density at radius 3 is 2.22 bits per heavy atom. The molecule has 2 heterocycles. The molecule has 1 aliphatic heterocycles. The van der Waals surface area contributed by atoms with E-state index in [1.54, 1.807) is 13.8 Å². The maximum atomic E-state index is 13.4. The number of rotatable bonds is 6. The lowest BCUT2D eigenvalue weighted by atomic mass is 9.94. The highest BCUT2D eigenvalue weighted by Gasteiger charge is 2.52. The Morgan fingerprint density at radius 1 is 1.14 bits per heavy atom. The van der Waals surface area contributed by atoms with Gasteiger partial charge in [0.2, 0.25) is 0 Å². The molecule has 14 heteroatoms. The highest BCUT2D eigenvalue weighted by Crippen LogP contribution is 2.47. The van der Waals surface area contributed by atoms with Gasteiger partial charge in [-0.25, -0.2) is 4.98 Å². The van der Waals surface area contributed by atoms with Crippen molar-refractivity contribution >= 4 is 46.4 Å². The minimum absolute atomic E-state index is 0.0437. The predicted molar refractivity (Wildman–Crippen MR) is 133 cm³/mol. The lowest BCUT2D eigenvalue weighted by molar-refractivity contribution is -0.258. The molecule has 37 heavy (non-hydrogen) atoms. The molecule has 204 valence electrons. The molecule has 1 aliphatic rings. The minimum Gasteiger partial charge on any atom is -0.391 e. The number of aliphatic hydroxyl groups is 3. The summed E-state index contributed by atoms with van der Waals surface area (Å²) in [6.07, 6.45) is -6.81. The van der Waals surface area contributed by atoms with Gasteiger partial charge >= 0.3 is 6.18 Å². The van der Waals surface area contributed by atoms with Crippen molar-refractivity contribution < 1.29 is 38.1 Å². The van der Waals surface area contributed by atoms with E-state index in [1.807, 2.05) is 0 Å². The quantitative estimate of drug-likeness (QED) is 0.474. The van der Waals surface area contributed by atoms with Crippen LogP contribution < -0.4 is 0 Å². The number of hydrogen-bond acceptors (Lipinski definition) is 7. The number of carbonyl (C=O) groups excluding carboxylic acids is 2. The van der Waals surface area contributed by atoms with Crippen molar-refractivity contribution in [1.29, 1.82) is 0 Å². The number of aromatic nitrogens is 1. The minimum atomic E-state index is -5.04. The van der Waals surface area contributed by atoms with E-state index in [0.717, 1.165) is 17.4 Å². The number of hydrogen-bond donors (Lipinski definition) is 3. The van der Waals surface area contributed by atoms with E-state index < -0.39 is 46.4 Å². The zero-order chi connectivity index (χ0) is 27.9. The van der Waals surface area contributed by atoms with Crippen LogP contribution in [-0.2, 0) is 5.60 Å². The first kappa shape index (κ1) is 29.6. The number of carbonyl (C=O) groups is 2. The van der Waals surface area contributed by atoms with Crippen LogP contribution in [0.4, 0.5) is 13.2 Å². The molecular weight excluding hydrogens is 558 g/mol. The second kappa shape index (κ2) is 11.0. The lowest BCUT2D eigenvalue weighted by Gasteiger charge is -2.32. The maximum absolute atomic E-state index is 13.4. The topological polar surface area (TPSA) is 114 Å². The average molecular weight is 584 g/mol. The molecule has 8 nitrogen and oxygen atoms in total. The van der Waals surface area contributed by atoms with Gasteiger partial charge in [-0.2, -0.15) is 13.2 Å². The molecule has 2 aromatic rings. The van der Waals surface area contributed by atoms with E-state index in [2.05, 4.69) is 4.98 Å². The zero-order valence-corrected chi connectivity index (χ0v) is 22.5. The normalized spacial score (nSPS) is 20.0. The Bertz CT molecular complexity index is 1180. The van der Waals surface area contributed by atoms with E-state index in [1.165, 1.54) is 15.9 Å². The first-order chi connectivity index (χ1) is 17.1. The smallest absolute Gasteiger partial charge is 0.391 e. The second-order valence-electron chi connectivity index (χ2n) is 8.79. The Morgan fingerprint density at radius 2 is 1.70 bits per heavy atom. The Labute approximate surface area is 225 Å². The summed E-state index contributed by atoms with van der Waals surface area (Å²) in [5.41, 5.74) is -4.07. The summed E-state index contributed by atoms with van der Waals surface area (Å²) in [4.78, 5) is 33.5.